The third-order valence-corrected chi connectivity index (χ3v) is 2.90. The molecule has 0 fully saturated rings. The van der Waals surface area contributed by atoms with Crippen molar-refractivity contribution in [2.45, 2.75) is 19.9 Å². The number of nitrogens with one attached hydrogen (secondary N) is 1. The Labute approximate surface area is 75.0 Å². The lowest BCUT2D eigenvalue weighted by atomic mass is 10.0. The largest absolute Gasteiger partial charge is 0.305 e. The van der Waals surface area contributed by atoms with E-state index in [1.54, 1.807) is 0 Å². The third-order valence-electron chi connectivity index (χ3n) is 2.02. The van der Waals surface area contributed by atoms with Crippen molar-refractivity contribution in [3.63, 3.8) is 0 Å². The lowest BCUT2D eigenvalue weighted by Crippen LogP contribution is -2.29. The molecule has 0 spiro atoms. The maximum Gasteiger partial charge on any atom is 0.179 e. The van der Waals surface area contributed by atoms with Gasteiger partial charge in [-0.15, -0.1) is 0 Å². The van der Waals surface area contributed by atoms with E-state index >= 15 is 0 Å². The first-order valence-corrected chi connectivity index (χ1v) is 4.81. The van der Waals surface area contributed by atoms with Crippen molar-refractivity contribution in [3.8, 4) is 0 Å². The average molecular weight is 182 g/mol. The molecule has 0 aromatic carbocycles. The van der Waals surface area contributed by atoms with E-state index in [9.17, 15) is 4.79 Å². The summed E-state index contributed by atoms with van der Waals surface area (Å²) in [5.41, 5.74) is 1.86. The zero-order valence-corrected chi connectivity index (χ0v) is 7.70. The lowest BCUT2D eigenvalue weighted by Gasteiger charge is -2.10. The van der Waals surface area contributed by atoms with Gasteiger partial charge in [-0.2, -0.15) is 4.37 Å². The van der Waals surface area contributed by atoms with E-state index in [-0.39, 0.29) is 5.78 Å². The number of aromatic nitrogens is 1. The zero-order chi connectivity index (χ0) is 8.55. The quantitative estimate of drug-likeness (QED) is 0.704. The van der Waals surface area contributed by atoms with E-state index in [0.29, 0.717) is 6.54 Å². The predicted octanol–water partition coefficient (Wildman–Crippen LogP) is 0.991. The second-order valence-electron chi connectivity index (χ2n) is 2.81. The number of fused-ring (bicyclic) bond motifs is 1. The van der Waals surface area contributed by atoms with Crippen LogP contribution in [0.2, 0.25) is 0 Å². The van der Waals surface area contributed by atoms with Crippen LogP contribution >= 0.6 is 11.5 Å². The first-order valence-electron chi connectivity index (χ1n) is 4.04. The van der Waals surface area contributed by atoms with Crippen LogP contribution in [0, 0.1) is 0 Å². The van der Waals surface area contributed by atoms with Gasteiger partial charge in [0, 0.05) is 6.54 Å². The number of nitrogens with zero attached hydrogens (tertiary/aromatic N) is 1. The van der Waals surface area contributed by atoms with Crippen LogP contribution in [0.5, 0.6) is 0 Å². The molecule has 1 aliphatic heterocycles. The number of Topliss-reactive ketones (excluding diaryl/α,β-unsaturated/α-hetero) is 1. The molecule has 0 radical (unpaired) electrons. The van der Waals surface area contributed by atoms with Crippen LogP contribution in [0.3, 0.4) is 0 Å². The Bertz CT molecular complexity index is 305. The zero-order valence-electron chi connectivity index (χ0n) is 6.89. The van der Waals surface area contributed by atoms with Gasteiger partial charge < -0.3 is 5.32 Å². The van der Waals surface area contributed by atoms with E-state index in [1.165, 1.54) is 11.5 Å². The standard InChI is InChI=1S/C8H10N2OS/c1-2-5-8-6(11)3-9-4-7(8)12-10-5/h9H,2-4H2,1H3. The van der Waals surface area contributed by atoms with Crippen LogP contribution in [0.1, 0.15) is 27.9 Å². The van der Waals surface area contributed by atoms with Gasteiger partial charge in [0.1, 0.15) is 0 Å². The van der Waals surface area contributed by atoms with Crippen LogP contribution in [0.25, 0.3) is 0 Å². The maximum atomic E-state index is 11.4. The van der Waals surface area contributed by atoms with Gasteiger partial charge in [0.05, 0.1) is 22.7 Å². The fourth-order valence-electron chi connectivity index (χ4n) is 1.42. The van der Waals surface area contributed by atoms with E-state index < -0.39 is 0 Å². The topological polar surface area (TPSA) is 42.0 Å². The van der Waals surface area contributed by atoms with Crippen molar-refractivity contribution in [1.82, 2.24) is 9.69 Å². The number of ketones is 1. The molecular weight excluding hydrogens is 172 g/mol. The molecule has 0 amide bonds. The molecule has 1 aromatic rings. The van der Waals surface area contributed by atoms with Gasteiger partial charge in [-0.05, 0) is 18.0 Å². The molecule has 2 rings (SSSR count). The van der Waals surface area contributed by atoms with Crippen LogP contribution in [0.4, 0.5) is 0 Å². The molecule has 12 heavy (non-hydrogen) atoms. The Balaban J connectivity index is 2.50. The minimum Gasteiger partial charge on any atom is -0.305 e. The third kappa shape index (κ3) is 1.07. The summed E-state index contributed by atoms with van der Waals surface area (Å²) in [5.74, 6) is 0.196. The minimum atomic E-state index is 0.196. The van der Waals surface area contributed by atoms with Crippen molar-refractivity contribution in [2.75, 3.05) is 6.54 Å². The Morgan fingerprint density at radius 2 is 2.42 bits per heavy atom. The van der Waals surface area contributed by atoms with Gasteiger partial charge in [-0.25, -0.2) is 0 Å². The highest BCUT2D eigenvalue weighted by Gasteiger charge is 2.22. The molecular formula is C8H10N2OS. The molecule has 2 heterocycles. The average Bonchev–Trinajstić information content (AvgIpc) is 2.49. The number of rotatable bonds is 1. The van der Waals surface area contributed by atoms with E-state index in [1.807, 2.05) is 6.92 Å². The number of aryl methyl sites for hydroxylation is 1. The summed E-state index contributed by atoms with van der Waals surface area (Å²) < 4.78 is 4.25. The number of hydrogen-bond acceptors (Lipinski definition) is 4. The minimum absolute atomic E-state index is 0.196. The van der Waals surface area contributed by atoms with Crippen LogP contribution < -0.4 is 5.32 Å². The second kappa shape index (κ2) is 2.95. The van der Waals surface area contributed by atoms with Gasteiger partial charge in [0.25, 0.3) is 0 Å². The molecule has 3 nitrogen and oxygen atoms in total. The second-order valence-corrected chi connectivity index (χ2v) is 3.67. The number of carbonyl (C=O) groups is 1. The molecule has 1 N–H and O–H groups in total. The van der Waals surface area contributed by atoms with Crippen molar-refractivity contribution in [3.05, 3.63) is 16.1 Å². The monoisotopic (exact) mass is 182 g/mol. The summed E-state index contributed by atoms with van der Waals surface area (Å²) in [6, 6.07) is 0. The summed E-state index contributed by atoms with van der Waals surface area (Å²) in [5, 5.41) is 3.05. The van der Waals surface area contributed by atoms with Gasteiger partial charge in [0.15, 0.2) is 5.78 Å². The molecule has 0 aliphatic carbocycles. The van der Waals surface area contributed by atoms with Crippen molar-refractivity contribution in [1.29, 1.82) is 0 Å². The lowest BCUT2D eigenvalue weighted by molar-refractivity contribution is 0.0982. The highest BCUT2D eigenvalue weighted by Crippen LogP contribution is 2.22. The Hall–Kier alpha value is -0.740. The SMILES string of the molecule is CCc1nsc2c1C(=O)CNC2. The van der Waals surface area contributed by atoms with Crippen molar-refractivity contribution >= 4 is 17.3 Å². The Kier molecular flexibility index (Phi) is 1.94. The van der Waals surface area contributed by atoms with Gasteiger partial charge in [-0.3, -0.25) is 4.79 Å². The summed E-state index contributed by atoms with van der Waals surface area (Å²) >= 11 is 1.45. The summed E-state index contributed by atoms with van der Waals surface area (Å²) in [6.45, 7) is 3.31. The normalized spacial score (nSPS) is 16.2. The van der Waals surface area contributed by atoms with Crippen molar-refractivity contribution < 1.29 is 4.79 Å². The van der Waals surface area contributed by atoms with Gasteiger partial charge in [-0.1, -0.05) is 6.92 Å². The summed E-state index contributed by atoms with van der Waals surface area (Å²) in [6.07, 6.45) is 0.859. The fourth-order valence-corrected chi connectivity index (χ4v) is 2.35. The fraction of sp³-hybridized carbons (Fsp3) is 0.500. The first-order chi connectivity index (χ1) is 5.83. The molecule has 0 bridgehead atoms. The predicted molar refractivity (Wildman–Crippen MR) is 47.5 cm³/mol. The van der Waals surface area contributed by atoms with Crippen LogP contribution in [-0.4, -0.2) is 16.7 Å². The van der Waals surface area contributed by atoms with Crippen LogP contribution in [-0.2, 0) is 13.0 Å². The molecule has 0 unspecified atom stereocenters. The van der Waals surface area contributed by atoms with Gasteiger partial charge >= 0.3 is 0 Å². The molecule has 1 aliphatic rings. The van der Waals surface area contributed by atoms with E-state index in [4.69, 9.17) is 0 Å². The number of carbonyl (C=O) groups excluding carboxylic acids is 1. The van der Waals surface area contributed by atoms with Crippen LogP contribution in [0.15, 0.2) is 0 Å². The Morgan fingerprint density at radius 1 is 1.58 bits per heavy atom. The maximum absolute atomic E-state index is 11.4. The summed E-state index contributed by atoms with van der Waals surface area (Å²) in [4.78, 5) is 12.5. The van der Waals surface area contributed by atoms with E-state index in [0.717, 1.165) is 29.1 Å². The van der Waals surface area contributed by atoms with Crippen molar-refractivity contribution in [2.24, 2.45) is 0 Å². The molecule has 1 aromatic heterocycles. The highest BCUT2D eigenvalue weighted by molar-refractivity contribution is 7.06. The number of hydrogen-bond donors (Lipinski definition) is 1. The molecule has 64 valence electrons. The first kappa shape index (κ1) is 7.89. The molecule has 4 heteroatoms. The highest BCUT2D eigenvalue weighted by atomic mass is 32.1. The Morgan fingerprint density at radius 3 is 3.17 bits per heavy atom. The molecule has 0 saturated carbocycles. The van der Waals surface area contributed by atoms with Gasteiger partial charge in [0.2, 0.25) is 0 Å². The molecule has 0 atom stereocenters. The smallest absolute Gasteiger partial charge is 0.179 e. The van der Waals surface area contributed by atoms with E-state index in [2.05, 4.69) is 9.69 Å². The molecule has 0 saturated heterocycles. The summed E-state index contributed by atoms with van der Waals surface area (Å²) in [7, 11) is 0.